The molecule has 0 spiro atoms. The van der Waals surface area contributed by atoms with Crippen LogP contribution in [0.2, 0.25) is 0 Å². The second-order valence-corrected chi connectivity index (χ2v) is 6.33. The van der Waals surface area contributed by atoms with Crippen molar-refractivity contribution in [1.82, 2.24) is 10.2 Å². The number of hydrogen-bond donors (Lipinski definition) is 3. The van der Waals surface area contributed by atoms with E-state index in [4.69, 9.17) is 9.47 Å². The van der Waals surface area contributed by atoms with Gasteiger partial charge in [0.1, 0.15) is 18.8 Å². The first kappa shape index (κ1) is 22.8. The van der Waals surface area contributed by atoms with Crippen molar-refractivity contribution in [3.8, 4) is 0 Å². The third-order valence-electron chi connectivity index (χ3n) is 4.52. The van der Waals surface area contributed by atoms with Crippen molar-refractivity contribution in [3.05, 3.63) is 35.9 Å². The van der Waals surface area contributed by atoms with E-state index in [1.54, 1.807) is 0 Å². The Labute approximate surface area is 160 Å². The molecule has 0 unspecified atom stereocenters. The second kappa shape index (κ2) is 11.5. The highest BCUT2D eigenvalue weighted by atomic mass is 35.5. The average Bonchev–Trinajstić information content (AvgIpc) is 2.95. The highest BCUT2D eigenvalue weighted by Crippen LogP contribution is 2.25. The number of nitrogens with zero attached hydrogens (tertiary/aromatic N) is 1. The maximum absolute atomic E-state index is 11.6. The molecule has 0 radical (unpaired) electrons. The molecule has 0 aromatic heterocycles. The van der Waals surface area contributed by atoms with E-state index in [9.17, 15) is 15.0 Å². The van der Waals surface area contributed by atoms with Gasteiger partial charge < -0.3 is 25.0 Å². The molecular weight excluding hydrogens is 360 g/mol. The Morgan fingerprint density at radius 3 is 2.62 bits per heavy atom. The summed E-state index contributed by atoms with van der Waals surface area (Å²) in [5, 5.41) is 22.6. The zero-order chi connectivity index (χ0) is 18.2. The summed E-state index contributed by atoms with van der Waals surface area (Å²) in [6, 6.07) is 9.80. The summed E-state index contributed by atoms with van der Waals surface area (Å²) in [5.41, 5.74) is 1.21. The summed E-state index contributed by atoms with van der Waals surface area (Å²) >= 11 is 0. The molecule has 1 amide bonds. The monoisotopic (exact) mass is 388 g/mol. The minimum Gasteiger partial charge on any atom is -0.394 e. The van der Waals surface area contributed by atoms with Gasteiger partial charge in [0.2, 0.25) is 5.91 Å². The first-order valence-corrected chi connectivity index (χ1v) is 8.51. The number of nitrogens with one attached hydrogen (secondary N) is 1. The summed E-state index contributed by atoms with van der Waals surface area (Å²) in [7, 11) is 3.38. The van der Waals surface area contributed by atoms with Crippen molar-refractivity contribution in [3.63, 3.8) is 0 Å². The van der Waals surface area contributed by atoms with Crippen LogP contribution in [0.5, 0.6) is 0 Å². The summed E-state index contributed by atoms with van der Waals surface area (Å²) in [4.78, 5) is 13.6. The van der Waals surface area contributed by atoms with Crippen LogP contribution in [0.15, 0.2) is 30.3 Å². The van der Waals surface area contributed by atoms with Crippen molar-refractivity contribution in [2.24, 2.45) is 0 Å². The first-order chi connectivity index (χ1) is 12.1. The second-order valence-electron chi connectivity index (χ2n) is 6.33. The Morgan fingerprint density at radius 2 is 2.00 bits per heavy atom. The van der Waals surface area contributed by atoms with Crippen LogP contribution in [0.1, 0.15) is 5.56 Å². The van der Waals surface area contributed by atoms with E-state index >= 15 is 0 Å². The lowest BCUT2D eigenvalue weighted by Gasteiger charge is -2.30. The van der Waals surface area contributed by atoms with Crippen LogP contribution in [0.25, 0.3) is 0 Å². The summed E-state index contributed by atoms with van der Waals surface area (Å²) in [6.45, 7) is 0.714. The molecule has 1 aliphatic heterocycles. The Kier molecular flexibility index (Phi) is 10.1. The van der Waals surface area contributed by atoms with Gasteiger partial charge in [0.05, 0.1) is 18.8 Å². The fraction of sp³-hybridized carbons (Fsp3) is 0.611. The molecule has 0 bridgehead atoms. The summed E-state index contributed by atoms with van der Waals surface area (Å²) < 4.78 is 10.5. The number of carbonyl (C=O) groups is 1. The molecule has 26 heavy (non-hydrogen) atoms. The van der Waals surface area contributed by atoms with E-state index in [1.807, 2.05) is 30.1 Å². The number of methoxy groups -OCH3 is 1. The molecule has 0 saturated carbocycles. The summed E-state index contributed by atoms with van der Waals surface area (Å²) in [6.07, 6.45) is -1.01. The van der Waals surface area contributed by atoms with Crippen LogP contribution in [0.3, 0.4) is 0 Å². The fourth-order valence-corrected chi connectivity index (χ4v) is 3.19. The normalized spacial score (nSPS) is 25.1. The van der Waals surface area contributed by atoms with Crippen LogP contribution in [-0.4, -0.2) is 85.8 Å². The number of likely N-dealkylation sites (N-methyl/N-ethyl adjacent to an activating group) is 1. The zero-order valence-corrected chi connectivity index (χ0v) is 16.0. The van der Waals surface area contributed by atoms with Gasteiger partial charge in [-0.1, -0.05) is 30.3 Å². The molecule has 4 atom stereocenters. The standard InChI is InChI=1S/C18H28N2O5.ClH/c1-20(9-8-13-6-4-3-5-7-13)17-14(10-19-16(22)12-24-2)25-15(11-21)18(17)23;/h3-7,14-15,17-18,21,23H,8-12H2,1-2H3,(H,19,22);1H/t14-,15+,17+,18-;/m1./s1. The fourth-order valence-electron chi connectivity index (χ4n) is 3.19. The predicted octanol–water partition coefficient (Wildman–Crippen LogP) is -0.165. The first-order valence-electron chi connectivity index (χ1n) is 8.51. The molecule has 1 aromatic rings. The zero-order valence-electron chi connectivity index (χ0n) is 15.2. The van der Waals surface area contributed by atoms with Gasteiger partial charge in [0, 0.05) is 20.2 Å². The average molecular weight is 389 g/mol. The van der Waals surface area contributed by atoms with E-state index in [-0.39, 0.29) is 44.1 Å². The minimum absolute atomic E-state index is 0. The lowest BCUT2D eigenvalue weighted by molar-refractivity contribution is -0.125. The lowest BCUT2D eigenvalue weighted by Crippen LogP contribution is -2.50. The van der Waals surface area contributed by atoms with Gasteiger partial charge in [0.15, 0.2) is 0 Å². The third-order valence-corrected chi connectivity index (χ3v) is 4.52. The number of carbonyl (C=O) groups excluding carboxylic acids is 1. The van der Waals surface area contributed by atoms with E-state index in [1.165, 1.54) is 12.7 Å². The molecule has 7 nitrogen and oxygen atoms in total. The van der Waals surface area contributed by atoms with Gasteiger partial charge in [-0.15, -0.1) is 12.4 Å². The molecule has 2 rings (SSSR count). The molecule has 0 aliphatic carbocycles. The van der Waals surface area contributed by atoms with E-state index in [0.717, 1.165) is 13.0 Å². The smallest absolute Gasteiger partial charge is 0.246 e. The van der Waals surface area contributed by atoms with Gasteiger partial charge in [-0.2, -0.15) is 0 Å². The number of amides is 1. The summed E-state index contributed by atoms with van der Waals surface area (Å²) in [5.74, 6) is -0.237. The molecule has 148 valence electrons. The van der Waals surface area contributed by atoms with Crippen LogP contribution < -0.4 is 5.32 Å². The van der Waals surface area contributed by atoms with Gasteiger partial charge >= 0.3 is 0 Å². The van der Waals surface area contributed by atoms with Crippen LogP contribution in [0.4, 0.5) is 0 Å². The van der Waals surface area contributed by atoms with Gasteiger partial charge in [-0.25, -0.2) is 0 Å². The van der Waals surface area contributed by atoms with Crippen molar-refractivity contribution in [2.45, 2.75) is 30.8 Å². The molecule has 1 fully saturated rings. The molecule has 8 heteroatoms. The van der Waals surface area contributed by atoms with E-state index < -0.39 is 18.3 Å². The van der Waals surface area contributed by atoms with Crippen molar-refractivity contribution in [2.75, 3.05) is 40.5 Å². The molecule has 1 aliphatic rings. The maximum atomic E-state index is 11.6. The van der Waals surface area contributed by atoms with Gasteiger partial charge in [-0.05, 0) is 19.0 Å². The number of benzene rings is 1. The molecule has 3 N–H and O–H groups in total. The number of hydrogen-bond acceptors (Lipinski definition) is 6. The third kappa shape index (κ3) is 6.19. The van der Waals surface area contributed by atoms with E-state index in [2.05, 4.69) is 17.4 Å². The van der Waals surface area contributed by atoms with Gasteiger partial charge in [-0.3, -0.25) is 9.69 Å². The number of aliphatic hydroxyl groups excluding tert-OH is 2. The minimum atomic E-state index is -0.810. The highest BCUT2D eigenvalue weighted by Gasteiger charge is 2.45. The number of rotatable bonds is 9. The maximum Gasteiger partial charge on any atom is 0.246 e. The number of aliphatic hydroxyl groups is 2. The Morgan fingerprint density at radius 1 is 1.31 bits per heavy atom. The predicted molar refractivity (Wildman–Crippen MR) is 100 cm³/mol. The number of ether oxygens (including phenoxy) is 2. The Balaban J connectivity index is 0.00000338. The van der Waals surface area contributed by atoms with Crippen molar-refractivity contribution in [1.29, 1.82) is 0 Å². The number of halogens is 1. The van der Waals surface area contributed by atoms with Crippen LogP contribution in [0, 0.1) is 0 Å². The largest absolute Gasteiger partial charge is 0.394 e. The lowest BCUT2D eigenvalue weighted by atomic mass is 10.0. The molecule has 1 heterocycles. The molecule has 1 aromatic carbocycles. The Bertz CT molecular complexity index is 534. The van der Waals surface area contributed by atoms with Crippen molar-refractivity contribution >= 4 is 18.3 Å². The van der Waals surface area contributed by atoms with E-state index in [0.29, 0.717) is 0 Å². The quantitative estimate of drug-likeness (QED) is 0.544. The topological polar surface area (TPSA) is 91.3 Å². The Hall–Kier alpha value is -1.22. The highest BCUT2D eigenvalue weighted by molar-refractivity contribution is 5.85. The molecular formula is C18H29ClN2O5. The van der Waals surface area contributed by atoms with Crippen LogP contribution >= 0.6 is 12.4 Å². The van der Waals surface area contributed by atoms with Crippen LogP contribution in [-0.2, 0) is 20.7 Å². The molecule has 1 saturated heterocycles. The van der Waals surface area contributed by atoms with Crippen molar-refractivity contribution < 1.29 is 24.5 Å². The SMILES string of the molecule is COCC(=O)NC[C@H]1O[C@@H](CO)[C@@H](O)[C@H]1N(C)CCc1ccccc1.Cl. The van der Waals surface area contributed by atoms with Gasteiger partial charge in [0.25, 0.3) is 0 Å².